The Morgan fingerprint density at radius 2 is 2.25 bits per heavy atom. The minimum absolute atomic E-state index is 0. The fourth-order valence-electron chi connectivity index (χ4n) is 1.91. The van der Waals surface area contributed by atoms with Crippen molar-refractivity contribution in [3.8, 4) is 5.75 Å². The lowest BCUT2D eigenvalue weighted by Crippen LogP contribution is -2.16. The van der Waals surface area contributed by atoms with E-state index in [9.17, 15) is 0 Å². The topological polar surface area (TPSA) is 39.1 Å². The summed E-state index contributed by atoms with van der Waals surface area (Å²) in [6.45, 7) is 2.77. The maximum absolute atomic E-state index is 5.34. The molecule has 6 heteroatoms. The smallest absolute Gasteiger partial charge is 0.123 e. The van der Waals surface area contributed by atoms with E-state index in [0.717, 1.165) is 36.3 Å². The number of hydrogen-bond donors (Lipinski definition) is 1. The number of ether oxygens (including phenoxy) is 1. The lowest BCUT2D eigenvalue weighted by molar-refractivity contribution is 0.407. The first-order chi connectivity index (χ1) is 9.29. The molecule has 110 valence electrons. The molecule has 0 fully saturated rings. The molecule has 0 unspecified atom stereocenters. The van der Waals surface area contributed by atoms with E-state index in [2.05, 4.69) is 36.9 Å². The summed E-state index contributed by atoms with van der Waals surface area (Å²) in [5.74, 6) is 0.922. The fraction of sp³-hybridized carbons (Fsp3) is 0.357. The lowest BCUT2D eigenvalue weighted by Gasteiger charge is -2.10. The minimum Gasteiger partial charge on any atom is -0.496 e. The van der Waals surface area contributed by atoms with Crippen molar-refractivity contribution in [1.82, 2.24) is 14.9 Å². The normalized spacial score (nSPS) is 10.1. The van der Waals surface area contributed by atoms with E-state index >= 15 is 0 Å². The molecule has 1 heterocycles. The number of benzene rings is 1. The average molecular weight is 361 g/mol. The first-order valence-corrected chi connectivity index (χ1v) is 7.08. The van der Waals surface area contributed by atoms with Gasteiger partial charge in [0, 0.05) is 35.5 Å². The van der Waals surface area contributed by atoms with Crippen LogP contribution in [0.1, 0.15) is 12.0 Å². The number of aromatic nitrogens is 2. The number of imidazole rings is 1. The Bertz CT molecular complexity index is 505. The van der Waals surface area contributed by atoms with Crippen LogP contribution in [0, 0.1) is 0 Å². The van der Waals surface area contributed by atoms with Crippen molar-refractivity contribution in [3.05, 3.63) is 47.0 Å². The van der Waals surface area contributed by atoms with Crippen LogP contribution in [0.5, 0.6) is 5.75 Å². The van der Waals surface area contributed by atoms with Gasteiger partial charge in [0.15, 0.2) is 0 Å². The van der Waals surface area contributed by atoms with Crippen LogP contribution in [0.2, 0.25) is 0 Å². The number of nitrogens with zero attached hydrogens (tertiary/aromatic N) is 2. The molecule has 1 aromatic heterocycles. The highest BCUT2D eigenvalue weighted by atomic mass is 79.9. The molecule has 1 aromatic carbocycles. The summed E-state index contributed by atoms with van der Waals surface area (Å²) in [5.41, 5.74) is 1.17. The largest absolute Gasteiger partial charge is 0.496 e. The number of aryl methyl sites for hydroxylation is 1. The van der Waals surface area contributed by atoms with Crippen LogP contribution in [0.15, 0.2) is 41.4 Å². The summed E-state index contributed by atoms with van der Waals surface area (Å²) in [6, 6.07) is 6.05. The highest BCUT2D eigenvalue weighted by Gasteiger charge is 2.02. The number of hydrogen-bond acceptors (Lipinski definition) is 3. The quantitative estimate of drug-likeness (QED) is 0.770. The molecule has 2 rings (SSSR count). The van der Waals surface area contributed by atoms with Gasteiger partial charge in [-0.1, -0.05) is 15.9 Å². The molecule has 0 aliphatic heterocycles. The molecule has 0 bridgehead atoms. The molecule has 0 atom stereocenters. The van der Waals surface area contributed by atoms with Gasteiger partial charge in [0.05, 0.1) is 13.4 Å². The summed E-state index contributed by atoms with van der Waals surface area (Å²) >= 11 is 3.48. The van der Waals surface area contributed by atoms with Gasteiger partial charge in [0.1, 0.15) is 5.75 Å². The number of rotatable bonds is 7. The Balaban J connectivity index is 0.00000200. The standard InChI is InChI=1S/C14H18BrN3O.ClH/c1-19-14-4-3-13(15)9-12(14)10-16-5-2-7-18-8-6-17-11-18;/h3-4,6,8-9,11,16H,2,5,7,10H2,1H3;1H. The zero-order chi connectivity index (χ0) is 13.5. The van der Waals surface area contributed by atoms with Crippen LogP contribution in [0.25, 0.3) is 0 Å². The van der Waals surface area contributed by atoms with Crippen LogP contribution in [-0.2, 0) is 13.1 Å². The van der Waals surface area contributed by atoms with Gasteiger partial charge in [-0.05, 0) is 31.2 Å². The van der Waals surface area contributed by atoms with Crippen molar-refractivity contribution in [3.63, 3.8) is 0 Å². The summed E-state index contributed by atoms with van der Waals surface area (Å²) in [5, 5.41) is 3.43. The van der Waals surface area contributed by atoms with Crippen LogP contribution >= 0.6 is 28.3 Å². The molecule has 0 amide bonds. The third kappa shape index (κ3) is 5.15. The Labute approximate surface area is 134 Å². The van der Waals surface area contributed by atoms with E-state index in [-0.39, 0.29) is 12.4 Å². The molecule has 0 saturated carbocycles. The summed E-state index contributed by atoms with van der Waals surface area (Å²) in [7, 11) is 1.70. The molecule has 0 aliphatic carbocycles. The Kier molecular flexibility index (Phi) is 7.65. The highest BCUT2D eigenvalue weighted by molar-refractivity contribution is 9.10. The second kappa shape index (κ2) is 9.00. The third-order valence-corrected chi connectivity index (χ3v) is 3.38. The second-order valence-electron chi connectivity index (χ2n) is 4.29. The van der Waals surface area contributed by atoms with E-state index in [1.54, 1.807) is 13.3 Å². The van der Waals surface area contributed by atoms with Crippen LogP contribution < -0.4 is 10.1 Å². The summed E-state index contributed by atoms with van der Waals surface area (Å²) in [6.07, 6.45) is 6.71. The highest BCUT2D eigenvalue weighted by Crippen LogP contribution is 2.22. The van der Waals surface area contributed by atoms with E-state index < -0.39 is 0 Å². The SMILES string of the molecule is COc1ccc(Br)cc1CNCCCn1ccnc1.Cl. The van der Waals surface area contributed by atoms with E-state index in [1.807, 2.05) is 24.7 Å². The monoisotopic (exact) mass is 359 g/mol. The molecule has 1 N–H and O–H groups in total. The van der Waals surface area contributed by atoms with Gasteiger partial charge in [-0.15, -0.1) is 12.4 Å². The Morgan fingerprint density at radius 1 is 1.40 bits per heavy atom. The summed E-state index contributed by atoms with van der Waals surface area (Å²) < 4.78 is 8.50. The van der Waals surface area contributed by atoms with Crippen molar-refractivity contribution < 1.29 is 4.74 Å². The fourth-order valence-corrected chi connectivity index (χ4v) is 2.32. The van der Waals surface area contributed by atoms with Gasteiger partial charge in [-0.3, -0.25) is 0 Å². The maximum Gasteiger partial charge on any atom is 0.123 e. The molecular weight excluding hydrogens is 342 g/mol. The lowest BCUT2D eigenvalue weighted by atomic mass is 10.2. The van der Waals surface area contributed by atoms with Crippen molar-refractivity contribution >= 4 is 28.3 Å². The van der Waals surface area contributed by atoms with Gasteiger partial charge < -0.3 is 14.6 Å². The molecular formula is C14H19BrClN3O. The zero-order valence-corrected chi connectivity index (χ0v) is 13.8. The predicted octanol–water partition coefficient (Wildman–Crippen LogP) is 3.26. The summed E-state index contributed by atoms with van der Waals surface area (Å²) in [4.78, 5) is 4.02. The Morgan fingerprint density at radius 3 is 2.95 bits per heavy atom. The molecule has 20 heavy (non-hydrogen) atoms. The molecule has 0 saturated heterocycles. The maximum atomic E-state index is 5.34. The van der Waals surface area contributed by atoms with E-state index in [4.69, 9.17) is 4.74 Å². The van der Waals surface area contributed by atoms with Crippen LogP contribution in [-0.4, -0.2) is 23.2 Å². The zero-order valence-electron chi connectivity index (χ0n) is 11.4. The Hall–Kier alpha value is -1.04. The minimum atomic E-state index is 0. The van der Waals surface area contributed by atoms with Crippen molar-refractivity contribution in [2.75, 3.05) is 13.7 Å². The van der Waals surface area contributed by atoms with E-state index in [0.29, 0.717) is 0 Å². The molecule has 2 aromatic rings. The molecule has 0 radical (unpaired) electrons. The number of halogens is 2. The van der Waals surface area contributed by atoms with Gasteiger partial charge in [0.25, 0.3) is 0 Å². The van der Waals surface area contributed by atoms with Crippen LogP contribution in [0.4, 0.5) is 0 Å². The first kappa shape index (κ1) is 17.0. The van der Waals surface area contributed by atoms with Crippen LogP contribution in [0.3, 0.4) is 0 Å². The third-order valence-electron chi connectivity index (χ3n) is 2.89. The van der Waals surface area contributed by atoms with Gasteiger partial charge in [-0.25, -0.2) is 4.98 Å². The first-order valence-electron chi connectivity index (χ1n) is 6.28. The van der Waals surface area contributed by atoms with Crippen molar-refractivity contribution in [2.24, 2.45) is 0 Å². The van der Waals surface area contributed by atoms with Gasteiger partial charge in [0.2, 0.25) is 0 Å². The molecule has 0 aliphatic rings. The second-order valence-corrected chi connectivity index (χ2v) is 5.20. The van der Waals surface area contributed by atoms with Crippen molar-refractivity contribution in [2.45, 2.75) is 19.5 Å². The molecule has 4 nitrogen and oxygen atoms in total. The van der Waals surface area contributed by atoms with Gasteiger partial charge in [-0.2, -0.15) is 0 Å². The predicted molar refractivity (Wildman–Crippen MR) is 86.5 cm³/mol. The molecule has 0 spiro atoms. The number of nitrogens with one attached hydrogen (secondary N) is 1. The average Bonchev–Trinajstić information content (AvgIpc) is 2.92. The van der Waals surface area contributed by atoms with E-state index in [1.165, 1.54) is 5.56 Å². The van der Waals surface area contributed by atoms with Crippen molar-refractivity contribution in [1.29, 1.82) is 0 Å². The number of methoxy groups -OCH3 is 1. The van der Waals surface area contributed by atoms with Gasteiger partial charge >= 0.3 is 0 Å².